The molecule has 1 spiro atoms. The third kappa shape index (κ3) is 2.64. The number of halogens is 2. The number of carbonyl (C=O) groups excluding carboxylic acids is 2. The monoisotopic (exact) mass is 458 g/mol. The molecule has 0 radical (unpaired) electrons. The second-order valence-electron chi connectivity index (χ2n) is 8.13. The van der Waals surface area contributed by atoms with Crippen LogP contribution in [0.15, 0.2) is 41.7 Å². The van der Waals surface area contributed by atoms with Crippen molar-refractivity contribution >= 4 is 23.2 Å². The largest absolute Gasteiger partial charge is 0.496 e. The van der Waals surface area contributed by atoms with Crippen LogP contribution in [0.3, 0.4) is 0 Å². The minimum atomic E-state index is -1.59. The molecule has 32 heavy (non-hydrogen) atoms. The van der Waals surface area contributed by atoms with Crippen LogP contribution in [-0.2, 0) is 9.53 Å². The molecule has 0 N–H and O–H groups in total. The van der Waals surface area contributed by atoms with E-state index in [1.54, 1.807) is 25.1 Å². The van der Waals surface area contributed by atoms with Gasteiger partial charge in [0, 0.05) is 36.0 Å². The number of fused-ring (bicyclic) bond motifs is 2. The lowest BCUT2D eigenvalue weighted by atomic mass is 9.73. The molecule has 0 fully saturated rings. The maximum absolute atomic E-state index is 14.5. The highest BCUT2D eigenvalue weighted by Crippen LogP contribution is 2.58. The lowest BCUT2D eigenvalue weighted by Crippen LogP contribution is -2.52. The van der Waals surface area contributed by atoms with Gasteiger partial charge in [0.25, 0.3) is 0 Å². The van der Waals surface area contributed by atoms with Crippen molar-refractivity contribution in [1.82, 2.24) is 0 Å². The van der Waals surface area contributed by atoms with E-state index in [0.717, 1.165) is 0 Å². The standard InChI is InChI=1S/C24H20ClFO6/c1-11-8-15(27)13-9-16(12-6-4-5-7-14(12)26)31-23(13)24(11)22(28)19-17(29-2)10-18(30-3)20(25)21(19)32-24/h4-7,10-11,16H,8-9H2,1-3H3/t11-,16-,24-/m1/s1. The summed E-state index contributed by atoms with van der Waals surface area (Å²) in [5.41, 5.74) is -0.754. The molecule has 0 saturated carbocycles. The molecular weight excluding hydrogens is 439 g/mol. The van der Waals surface area contributed by atoms with Gasteiger partial charge in [-0.1, -0.05) is 36.7 Å². The van der Waals surface area contributed by atoms with Crippen molar-refractivity contribution in [1.29, 1.82) is 0 Å². The summed E-state index contributed by atoms with van der Waals surface area (Å²) in [7, 11) is 2.88. The number of hydrogen-bond donors (Lipinski definition) is 0. The summed E-state index contributed by atoms with van der Waals surface area (Å²) in [4.78, 5) is 26.8. The van der Waals surface area contributed by atoms with Crippen LogP contribution in [0.1, 0.15) is 41.8 Å². The Kier molecular flexibility index (Phi) is 4.71. The number of ether oxygens (including phenoxy) is 4. The van der Waals surface area contributed by atoms with Crippen molar-refractivity contribution in [2.45, 2.75) is 31.5 Å². The number of rotatable bonds is 3. The average molecular weight is 459 g/mol. The van der Waals surface area contributed by atoms with Gasteiger partial charge in [-0.2, -0.15) is 0 Å². The molecule has 2 aromatic rings. The van der Waals surface area contributed by atoms with Gasteiger partial charge in [-0.25, -0.2) is 4.39 Å². The zero-order valence-electron chi connectivity index (χ0n) is 17.7. The number of Topliss-reactive ketones (excluding diaryl/α,β-unsaturated/α-hetero) is 2. The summed E-state index contributed by atoms with van der Waals surface area (Å²) in [6.45, 7) is 1.75. The van der Waals surface area contributed by atoms with Crippen molar-refractivity contribution in [2.75, 3.05) is 14.2 Å². The first-order valence-electron chi connectivity index (χ1n) is 10.2. The van der Waals surface area contributed by atoms with Gasteiger partial charge in [0.05, 0.1) is 14.2 Å². The van der Waals surface area contributed by atoms with Crippen molar-refractivity contribution in [3.63, 3.8) is 0 Å². The summed E-state index contributed by atoms with van der Waals surface area (Å²) in [6.07, 6.45) is -0.493. The zero-order valence-corrected chi connectivity index (χ0v) is 18.4. The Morgan fingerprint density at radius 2 is 1.84 bits per heavy atom. The molecule has 3 aliphatic rings. The first-order chi connectivity index (χ1) is 15.3. The van der Waals surface area contributed by atoms with Crippen molar-refractivity contribution in [3.8, 4) is 17.2 Å². The van der Waals surface area contributed by atoms with Crippen LogP contribution in [0, 0.1) is 11.7 Å². The van der Waals surface area contributed by atoms with E-state index in [1.807, 2.05) is 0 Å². The Bertz CT molecular complexity index is 1210. The van der Waals surface area contributed by atoms with Crippen molar-refractivity contribution in [3.05, 3.63) is 63.6 Å². The third-order valence-corrected chi connectivity index (χ3v) is 6.81. The number of ketones is 2. The van der Waals surface area contributed by atoms with Gasteiger partial charge in [0.2, 0.25) is 11.4 Å². The summed E-state index contributed by atoms with van der Waals surface area (Å²) in [5, 5.41) is 0.128. The summed E-state index contributed by atoms with van der Waals surface area (Å²) >= 11 is 6.48. The van der Waals surface area contributed by atoms with E-state index in [-0.39, 0.29) is 52.2 Å². The summed E-state index contributed by atoms with van der Waals surface area (Å²) in [5.74, 6) is -0.735. The normalized spacial score (nSPS) is 26.0. The molecule has 2 aromatic carbocycles. The molecular formula is C24H20ClFO6. The molecule has 0 aromatic heterocycles. The smallest absolute Gasteiger partial charge is 0.231 e. The molecule has 0 saturated heterocycles. The molecule has 8 heteroatoms. The van der Waals surface area contributed by atoms with E-state index in [2.05, 4.69) is 0 Å². The molecule has 1 aliphatic carbocycles. The fourth-order valence-electron chi connectivity index (χ4n) is 4.84. The minimum absolute atomic E-state index is 0.0863. The lowest BCUT2D eigenvalue weighted by molar-refractivity contribution is -0.119. The highest BCUT2D eigenvalue weighted by Gasteiger charge is 2.63. The molecule has 2 heterocycles. The van der Waals surface area contributed by atoms with Gasteiger partial charge in [-0.3, -0.25) is 9.59 Å². The Morgan fingerprint density at radius 1 is 1.12 bits per heavy atom. The van der Waals surface area contributed by atoms with E-state index < -0.39 is 29.2 Å². The van der Waals surface area contributed by atoms with Gasteiger partial charge in [-0.05, 0) is 6.07 Å². The van der Waals surface area contributed by atoms with Crippen molar-refractivity contribution < 1.29 is 32.9 Å². The van der Waals surface area contributed by atoms with Crippen LogP contribution >= 0.6 is 11.6 Å². The number of benzene rings is 2. The van der Waals surface area contributed by atoms with Crippen LogP contribution in [0.5, 0.6) is 17.2 Å². The number of carbonyl (C=O) groups is 2. The highest BCUT2D eigenvalue weighted by atomic mass is 35.5. The Hall–Kier alpha value is -3.06. The SMILES string of the molecule is COc1cc(OC)c2c(c1Cl)O[C@]1(C2=O)C2=C(C[C@H](c3ccccc3F)O2)C(=O)C[C@H]1C. The predicted octanol–water partition coefficient (Wildman–Crippen LogP) is 4.83. The van der Waals surface area contributed by atoms with E-state index in [0.29, 0.717) is 11.1 Å². The molecule has 6 nitrogen and oxygen atoms in total. The van der Waals surface area contributed by atoms with Gasteiger partial charge < -0.3 is 18.9 Å². The molecule has 2 aliphatic heterocycles. The molecule has 166 valence electrons. The Morgan fingerprint density at radius 3 is 2.53 bits per heavy atom. The average Bonchev–Trinajstić information content (AvgIpc) is 3.35. The second kappa shape index (κ2) is 7.24. The molecule has 0 bridgehead atoms. The Labute approximate surface area is 188 Å². The predicted molar refractivity (Wildman–Crippen MR) is 113 cm³/mol. The minimum Gasteiger partial charge on any atom is -0.496 e. The van der Waals surface area contributed by atoms with Crippen LogP contribution < -0.4 is 14.2 Å². The topological polar surface area (TPSA) is 71.1 Å². The van der Waals surface area contributed by atoms with Crippen molar-refractivity contribution in [2.24, 2.45) is 5.92 Å². The molecule has 0 amide bonds. The lowest BCUT2D eigenvalue weighted by Gasteiger charge is -2.37. The van der Waals surface area contributed by atoms with E-state index in [4.69, 9.17) is 30.5 Å². The van der Waals surface area contributed by atoms with Gasteiger partial charge in [-0.15, -0.1) is 0 Å². The fourth-order valence-corrected chi connectivity index (χ4v) is 5.10. The van der Waals surface area contributed by atoms with Crippen LogP contribution in [0.2, 0.25) is 5.02 Å². The summed E-state index contributed by atoms with van der Waals surface area (Å²) in [6, 6.07) is 7.74. The van der Waals surface area contributed by atoms with Crippen LogP contribution in [0.25, 0.3) is 0 Å². The van der Waals surface area contributed by atoms with Gasteiger partial charge in [0.15, 0.2) is 17.3 Å². The van der Waals surface area contributed by atoms with E-state index >= 15 is 0 Å². The van der Waals surface area contributed by atoms with E-state index in [1.165, 1.54) is 26.4 Å². The fraction of sp³-hybridized carbons (Fsp3) is 0.333. The number of methoxy groups -OCH3 is 2. The Balaban J connectivity index is 1.65. The first kappa shape index (κ1) is 20.8. The zero-order chi connectivity index (χ0) is 22.8. The summed E-state index contributed by atoms with van der Waals surface area (Å²) < 4.78 is 37.6. The maximum Gasteiger partial charge on any atom is 0.231 e. The third-order valence-electron chi connectivity index (χ3n) is 6.45. The van der Waals surface area contributed by atoms with Crippen LogP contribution in [-0.4, -0.2) is 31.4 Å². The first-order valence-corrected chi connectivity index (χ1v) is 10.6. The maximum atomic E-state index is 14.5. The molecule has 0 unspecified atom stereocenters. The highest BCUT2D eigenvalue weighted by molar-refractivity contribution is 6.35. The van der Waals surface area contributed by atoms with E-state index in [9.17, 15) is 14.0 Å². The second-order valence-corrected chi connectivity index (χ2v) is 8.51. The quantitative estimate of drug-likeness (QED) is 0.655. The number of hydrogen-bond acceptors (Lipinski definition) is 6. The van der Waals surface area contributed by atoms with Crippen LogP contribution in [0.4, 0.5) is 4.39 Å². The van der Waals surface area contributed by atoms with Gasteiger partial charge >= 0.3 is 0 Å². The molecule has 3 atom stereocenters. The molecule has 5 rings (SSSR count). The van der Waals surface area contributed by atoms with Gasteiger partial charge in [0.1, 0.15) is 34.0 Å².